The van der Waals surface area contributed by atoms with Gasteiger partial charge in [0.1, 0.15) is 5.01 Å². The lowest BCUT2D eigenvalue weighted by molar-refractivity contribution is 0.105. The fraction of sp³-hybridized carbons (Fsp3) is 0.111. The second-order valence-electron chi connectivity index (χ2n) is 4.75. The highest BCUT2D eigenvalue weighted by Crippen LogP contribution is 2.23. The number of thiophene rings is 1. The molecule has 0 radical (unpaired) electrons. The number of carbonyl (C=O) groups excluding carboxylic acids is 1. The predicted octanol–water partition coefficient (Wildman–Crippen LogP) is 5.33. The third-order valence-corrected chi connectivity index (χ3v) is 5.28. The van der Waals surface area contributed by atoms with Crippen molar-refractivity contribution < 1.29 is 4.79 Å². The van der Waals surface area contributed by atoms with Crippen LogP contribution in [0.15, 0.2) is 53.9 Å². The maximum atomic E-state index is 12.1. The van der Waals surface area contributed by atoms with Gasteiger partial charge in [0.15, 0.2) is 5.78 Å². The van der Waals surface area contributed by atoms with Crippen LogP contribution in [0.4, 0.5) is 0 Å². The molecule has 0 N–H and O–H groups in total. The van der Waals surface area contributed by atoms with Gasteiger partial charge < -0.3 is 0 Å². The lowest BCUT2D eigenvalue weighted by atomic mass is 10.2. The molecule has 0 bridgehead atoms. The summed E-state index contributed by atoms with van der Waals surface area (Å²) in [5.41, 5.74) is 2.04. The first-order valence-electron chi connectivity index (χ1n) is 7.08. The van der Waals surface area contributed by atoms with E-state index in [-0.39, 0.29) is 5.78 Å². The predicted molar refractivity (Wildman–Crippen MR) is 94.6 cm³/mol. The van der Waals surface area contributed by atoms with Crippen LogP contribution < -0.4 is 0 Å². The molecule has 0 amide bonds. The molecular weight excluding hydrogens is 310 g/mol. The van der Waals surface area contributed by atoms with Crippen LogP contribution in [-0.4, -0.2) is 10.8 Å². The Morgan fingerprint density at radius 1 is 1.18 bits per heavy atom. The number of nitrogens with zero attached hydrogens (tertiary/aromatic N) is 1. The Balaban J connectivity index is 1.73. The fourth-order valence-corrected chi connectivity index (χ4v) is 3.62. The minimum absolute atomic E-state index is 0.0427. The van der Waals surface area contributed by atoms with Gasteiger partial charge in [-0.15, -0.1) is 22.7 Å². The first-order chi connectivity index (χ1) is 10.8. The van der Waals surface area contributed by atoms with Crippen molar-refractivity contribution >= 4 is 34.5 Å². The Morgan fingerprint density at radius 3 is 2.73 bits per heavy atom. The first kappa shape index (κ1) is 14.9. The molecule has 0 atom stereocenters. The van der Waals surface area contributed by atoms with E-state index in [2.05, 4.69) is 11.9 Å². The lowest BCUT2D eigenvalue weighted by Crippen LogP contribution is -1.88. The van der Waals surface area contributed by atoms with Crippen LogP contribution in [0, 0.1) is 0 Å². The minimum atomic E-state index is 0.0427. The van der Waals surface area contributed by atoms with Crippen molar-refractivity contribution in [2.24, 2.45) is 0 Å². The zero-order valence-corrected chi connectivity index (χ0v) is 13.8. The molecule has 3 aromatic rings. The number of aryl methyl sites for hydroxylation is 1. The zero-order valence-electron chi connectivity index (χ0n) is 12.2. The van der Waals surface area contributed by atoms with E-state index in [1.54, 1.807) is 34.8 Å². The highest BCUT2D eigenvalue weighted by molar-refractivity contribution is 7.14. The van der Waals surface area contributed by atoms with E-state index in [1.807, 2.05) is 47.8 Å². The highest BCUT2D eigenvalue weighted by atomic mass is 32.1. The quantitative estimate of drug-likeness (QED) is 0.469. The van der Waals surface area contributed by atoms with E-state index in [4.69, 9.17) is 0 Å². The number of hydrogen-bond donors (Lipinski definition) is 0. The van der Waals surface area contributed by atoms with Gasteiger partial charge in [0.05, 0.1) is 10.6 Å². The Bertz CT molecular complexity index is 799. The number of hydrogen-bond acceptors (Lipinski definition) is 4. The van der Waals surface area contributed by atoms with Gasteiger partial charge in [-0.2, -0.15) is 0 Å². The van der Waals surface area contributed by atoms with Gasteiger partial charge in [-0.05, 0) is 30.7 Å². The van der Waals surface area contributed by atoms with Crippen molar-refractivity contribution in [1.82, 2.24) is 4.98 Å². The van der Waals surface area contributed by atoms with Crippen LogP contribution in [0.25, 0.3) is 17.3 Å². The van der Waals surface area contributed by atoms with E-state index in [1.165, 1.54) is 4.88 Å². The van der Waals surface area contributed by atoms with Crippen molar-refractivity contribution in [3.05, 3.63) is 68.7 Å². The maximum Gasteiger partial charge on any atom is 0.195 e. The molecule has 0 unspecified atom stereocenters. The molecule has 110 valence electrons. The van der Waals surface area contributed by atoms with E-state index >= 15 is 0 Å². The Labute approximate surface area is 137 Å². The summed E-state index contributed by atoms with van der Waals surface area (Å²) in [6.45, 7) is 2.09. The molecule has 4 heteroatoms. The molecular formula is C18H15NOS2. The second kappa shape index (κ2) is 6.81. The zero-order chi connectivity index (χ0) is 15.4. The number of carbonyl (C=O) groups is 1. The Kier molecular flexibility index (Phi) is 4.61. The molecule has 2 aromatic heterocycles. The second-order valence-corrected chi connectivity index (χ2v) is 6.81. The standard InChI is InChI=1S/C18H15NOS2/c1-2-14-8-10-17(22-14)16(20)9-11-18-19-15(12-21-18)13-6-4-3-5-7-13/h3-12H,2H2,1H3/b11-9+. The summed E-state index contributed by atoms with van der Waals surface area (Å²) < 4.78 is 0. The highest BCUT2D eigenvalue weighted by Gasteiger charge is 2.06. The van der Waals surface area contributed by atoms with Crippen LogP contribution >= 0.6 is 22.7 Å². The average Bonchev–Trinajstić information content (AvgIpc) is 3.22. The molecule has 2 nitrogen and oxygen atoms in total. The largest absolute Gasteiger partial charge is 0.288 e. The molecule has 2 heterocycles. The summed E-state index contributed by atoms with van der Waals surface area (Å²) in [7, 11) is 0. The molecule has 0 spiro atoms. The fourth-order valence-electron chi connectivity index (χ4n) is 2.04. The van der Waals surface area contributed by atoms with E-state index in [0.29, 0.717) is 0 Å². The van der Waals surface area contributed by atoms with Crippen LogP contribution in [0.1, 0.15) is 26.5 Å². The van der Waals surface area contributed by atoms with Crippen molar-refractivity contribution in [3.8, 4) is 11.3 Å². The summed E-state index contributed by atoms with van der Waals surface area (Å²) >= 11 is 3.10. The number of aromatic nitrogens is 1. The number of rotatable bonds is 5. The summed E-state index contributed by atoms with van der Waals surface area (Å²) in [5, 5.41) is 2.86. The maximum absolute atomic E-state index is 12.1. The van der Waals surface area contributed by atoms with Gasteiger partial charge in [0.2, 0.25) is 0 Å². The number of thiazole rings is 1. The molecule has 0 fully saturated rings. The van der Waals surface area contributed by atoms with Crippen LogP contribution in [0.5, 0.6) is 0 Å². The monoisotopic (exact) mass is 325 g/mol. The number of benzene rings is 1. The SMILES string of the molecule is CCc1ccc(C(=O)/C=C/c2nc(-c3ccccc3)cs2)s1. The van der Waals surface area contributed by atoms with Crippen LogP contribution in [0.2, 0.25) is 0 Å². The molecule has 0 saturated heterocycles. The molecule has 0 saturated carbocycles. The lowest BCUT2D eigenvalue weighted by Gasteiger charge is -1.93. The van der Waals surface area contributed by atoms with E-state index in [9.17, 15) is 4.79 Å². The smallest absolute Gasteiger partial charge is 0.195 e. The van der Waals surface area contributed by atoms with Crippen molar-refractivity contribution in [1.29, 1.82) is 0 Å². The van der Waals surface area contributed by atoms with Crippen LogP contribution in [-0.2, 0) is 6.42 Å². The molecule has 3 rings (SSSR count). The average molecular weight is 325 g/mol. The Hall–Kier alpha value is -2.04. The van der Waals surface area contributed by atoms with Gasteiger partial charge in [-0.1, -0.05) is 37.3 Å². The van der Waals surface area contributed by atoms with Gasteiger partial charge in [-0.25, -0.2) is 4.98 Å². The van der Waals surface area contributed by atoms with Gasteiger partial charge >= 0.3 is 0 Å². The van der Waals surface area contributed by atoms with Crippen molar-refractivity contribution in [2.45, 2.75) is 13.3 Å². The minimum Gasteiger partial charge on any atom is -0.288 e. The van der Waals surface area contributed by atoms with Gasteiger partial charge in [-0.3, -0.25) is 4.79 Å². The molecule has 0 aliphatic heterocycles. The summed E-state index contributed by atoms with van der Waals surface area (Å²) in [6, 6.07) is 14.0. The normalized spacial score (nSPS) is 11.1. The Morgan fingerprint density at radius 2 is 2.00 bits per heavy atom. The third kappa shape index (κ3) is 3.40. The van der Waals surface area contributed by atoms with Gasteiger partial charge in [0.25, 0.3) is 0 Å². The summed E-state index contributed by atoms with van der Waals surface area (Å²) in [4.78, 5) is 18.7. The number of allylic oxidation sites excluding steroid dienone is 1. The molecule has 1 aromatic carbocycles. The van der Waals surface area contributed by atoms with Crippen molar-refractivity contribution in [2.75, 3.05) is 0 Å². The van der Waals surface area contributed by atoms with E-state index in [0.717, 1.165) is 27.6 Å². The molecule has 0 aliphatic rings. The van der Waals surface area contributed by atoms with Crippen LogP contribution in [0.3, 0.4) is 0 Å². The molecule has 22 heavy (non-hydrogen) atoms. The van der Waals surface area contributed by atoms with Gasteiger partial charge in [0, 0.05) is 15.8 Å². The number of ketones is 1. The summed E-state index contributed by atoms with van der Waals surface area (Å²) in [5.74, 6) is 0.0427. The first-order valence-corrected chi connectivity index (χ1v) is 8.78. The topological polar surface area (TPSA) is 30.0 Å². The van der Waals surface area contributed by atoms with Crippen molar-refractivity contribution in [3.63, 3.8) is 0 Å². The van der Waals surface area contributed by atoms with E-state index < -0.39 is 0 Å². The molecule has 0 aliphatic carbocycles. The third-order valence-electron chi connectivity index (χ3n) is 3.22. The summed E-state index contributed by atoms with van der Waals surface area (Å²) in [6.07, 6.45) is 4.37.